The molecule has 3 atom stereocenters. The molecule has 0 amide bonds. The Morgan fingerprint density at radius 2 is 1.84 bits per heavy atom. The molecule has 1 aliphatic heterocycles. The summed E-state index contributed by atoms with van der Waals surface area (Å²) in [7, 11) is -2.38. The van der Waals surface area contributed by atoms with E-state index < -0.39 is 44.5 Å². The zero-order valence-corrected chi connectivity index (χ0v) is 16.6. The van der Waals surface area contributed by atoms with Crippen LogP contribution in [-0.4, -0.2) is 38.2 Å². The van der Waals surface area contributed by atoms with Gasteiger partial charge in [-0.15, -0.1) is 0 Å². The molecule has 0 aromatic heterocycles. The van der Waals surface area contributed by atoms with Gasteiger partial charge < -0.3 is 14.3 Å². The average Bonchev–Trinajstić information content (AvgIpc) is 3.16. The van der Waals surface area contributed by atoms with Crippen LogP contribution in [0.5, 0.6) is 0 Å². The van der Waals surface area contributed by atoms with Crippen molar-refractivity contribution in [2.24, 2.45) is 0 Å². The molecule has 1 heterocycles. The van der Waals surface area contributed by atoms with Crippen LogP contribution >= 0.6 is 0 Å². The summed E-state index contributed by atoms with van der Waals surface area (Å²) in [6.07, 6.45) is -3.25. The minimum Gasteiger partial charge on any atom is -0.411 e. The summed E-state index contributed by atoms with van der Waals surface area (Å²) in [4.78, 5) is 0. The van der Waals surface area contributed by atoms with E-state index in [1.165, 1.54) is 25.1 Å². The molecule has 1 aliphatic rings. The molecule has 1 aromatic carbocycles. The van der Waals surface area contributed by atoms with Gasteiger partial charge in [0.05, 0.1) is 0 Å². The van der Waals surface area contributed by atoms with Crippen molar-refractivity contribution < 1.29 is 27.4 Å². The number of ether oxygens (including phenoxy) is 1. The van der Waals surface area contributed by atoms with Gasteiger partial charge in [0.2, 0.25) is 0 Å². The minimum atomic E-state index is -3.48. The number of epoxide rings is 1. The number of alkyl halides is 2. The van der Waals surface area contributed by atoms with Gasteiger partial charge in [0.1, 0.15) is 30.2 Å². The summed E-state index contributed by atoms with van der Waals surface area (Å²) in [5.74, 6) is -4.02. The van der Waals surface area contributed by atoms with Crippen LogP contribution in [0.25, 0.3) is 0 Å². The topological polar surface area (TPSA) is 42.0 Å². The third-order valence-electron chi connectivity index (χ3n) is 5.42. The molecule has 0 saturated carbocycles. The van der Waals surface area contributed by atoms with Crippen LogP contribution in [0.2, 0.25) is 18.1 Å². The number of rotatable bonds is 6. The highest BCUT2D eigenvalue weighted by Gasteiger charge is 2.64. The molecule has 0 aliphatic carbocycles. The zero-order valence-electron chi connectivity index (χ0n) is 15.6. The van der Waals surface area contributed by atoms with Crippen molar-refractivity contribution in [3.63, 3.8) is 0 Å². The zero-order chi connectivity index (χ0) is 19.3. The maximum absolute atomic E-state index is 14.5. The standard InChI is InChI=1S/C18H27F3O3Si/c1-16(2,3)25(5,6)23-11-18(20,21)14(22)15-17(4,24-15)12-9-7-8-10-13(12)19/h7-10,14-15,22H,11H2,1-6H3/t14-,15-,17-/m0/s1. The van der Waals surface area contributed by atoms with Gasteiger partial charge in [0.15, 0.2) is 8.32 Å². The van der Waals surface area contributed by atoms with Crippen LogP contribution < -0.4 is 0 Å². The van der Waals surface area contributed by atoms with Crippen LogP contribution in [0.3, 0.4) is 0 Å². The van der Waals surface area contributed by atoms with Gasteiger partial charge >= 0.3 is 0 Å². The number of aliphatic hydroxyl groups is 1. The maximum Gasteiger partial charge on any atom is 0.297 e. The molecule has 142 valence electrons. The van der Waals surface area contributed by atoms with Crippen molar-refractivity contribution in [1.29, 1.82) is 0 Å². The first-order chi connectivity index (χ1) is 11.2. The Morgan fingerprint density at radius 3 is 2.36 bits per heavy atom. The molecule has 25 heavy (non-hydrogen) atoms. The first kappa shape index (κ1) is 20.4. The molecular weight excluding hydrogens is 349 g/mol. The fourth-order valence-corrected chi connectivity index (χ4v) is 3.46. The number of benzene rings is 1. The molecular formula is C18H27F3O3Si. The molecule has 0 radical (unpaired) electrons. The summed E-state index contributed by atoms with van der Waals surface area (Å²) < 4.78 is 53.7. The van der Waals surface area contributed by atoms with Gasteiger partial charge in [0.25, 0.3) is 5.92 Å². The fraction of sp³-hybridized carbons (Fsp3) is 0.667. The summed E-state index contributed by atoms with van der Waals surface area (Å²) >= 11 is 0. The molecule has 2 rings (SSSR count). The lowest BCUT2D eigenvalue weighted by atomic mass is 9.92. The van der Waals surface area contributed by atoms with Gasteiger partial charge in [-0.1, -0.05) is 39.0 Å². The number of hydrogen-bond donors (Lipinski definition) is 1. The van der Waals surface area contributed by atoms with Gasteiger partial charge in [-0.25, -0.2) is 13.2 Å². The molecule has 0 unspecified atom stereocenters. The van der Waals surface area contributed by atoms with Crippen LogP contribution in [0, 0.1) is 5.82 Å². The van der Waals surface area contributed by atoms with E-state index in [1.807, 2.05) is 33.9 Å². The van der Waals surface area contributed by atoms with Gasteiger partial charge in [-0.2, -0.15) is 0 Å². The Morgan fingerprint density at radius 1 is 1.28 bits per heavy atom. The van der Waals surface area contributed by atoms with Crippen LogP contribution in [0.15, 0.2) is 24.3 Å². The van der Waals surface area contributed by atoms with E-state index in [0.29, 0.717) is 0 Å². The fourth-order valence-electron chi connectivity index (χ4n) is 2.48. The first-order valence-corrected chi connectivity index (χ1v) is 11.3. The summed E-state index contributed by atoms with van der Waals surface area (Å²) in [6, 6.07) is 5.84. The number of halogens is 3. The largest absolute Gasteiger partial charge is 0.411 e. The van der Waals surface area contributed by atoms with E-state index in [9.17, 15) is 18.3 Å². The molecule has 0 spiro atoms. The Bertz CT molecular complexity index is 630. The third-order valence-corrected chi connectivity index (χ3v) is 9.90. The van der Waals surface area contributed by atoms with E-state index in [1.54, 1.807) is 6.07 Å². The predicted octanol–water partition coefficient (Wildman–Crippen LogP) is 4.46. The van der Waals surface area contributed by atoms with E-state index in [0.717, 1.165) is 0 Å². The van der Waals surface area contributed by atoms with E-state index >= 15 is 0 Å². The Hall–Kier alpha value is -0.893. The van der Waals surface area contributed by atoms with Gasteiger partial charge in [0, 0.05) is 5.56 Å². The number of hydrogen-bond acceptors (Lipinski definition) is 3. The Balaban J connectivity index is 2.08. The highest BCUT2D eigenvalue weighted by atomic mass is 28.4. The second-order valence-electron chi connectivity index (χ2n) is 8.38. The molecule has 1 N–H and O–H groups in total. The van der Waals surface area contributed by atoms with Crippen molar-refractivity contribution in [2.75, 3.05) is 6.61 Å². The molecule has 7 heteroatoms. The Labute approximate surface area is 148 Å². The average molecular weight is 376 g/mol. The molecule has 3 nitrogen and oxygen atoms in total. The monoisotopic (exact) mass is 376 g/mol. The summed E-state index contributed by atoms with van der Waals surface area (Å²) in [5.41, 5.74) is -1.09. The lowest BCUT2D eigenvalue weighted by Gasteiger charge is -2.37. The highest BCUT2D eigenvalue weighted by molar-refractivity contribution is 6.74. The number of aliphatic hydroxyl groups excluding tert-OH is 1. The maximum atomic E-state index is 14.5. The Kier molecular flexibility index (Phi) is 5.20. The van der Waals surface area contributed by atoms with Crippen molar-refractivity contribution in [2.45, 2.75) is 69.6 Å². The van der Waals surface area contributed by atoms with Crippen molar-refractivity contribution >= 4 is 8.32 Å². The van der Waals surface area contributed by atoms with E-state index in [-0.39, 0.29) is 10.6 Å². The normalized spacial score (nSPS) is 25.8. The SMILES string of the molecule is CC(C)(C)[Si](C)(C)OCC(F)(F)[C@@H](O)[C@@H]1O[C@@]1(C)c1ccccc1F. The van der Waals surface area contributed by atoms with E-state index in [4.69, 9.17) is 9.16 Å². The summed E-state index contributed by atoms with van der Waals surface area (Å²) in [5, 5.41) is 9.93. The highest BCUT2D eigenvalue weighted by Crippen LogP contribution is 2.51. The van der Waals surface area contributed by atoms with Crippen molar-refractivity contribution in [3.8, 4) is 0 Å². The van der Waals surface area contributed by atoms with Gasteiger partial charge in [-0.3, -0.25) is 0 Å². The second kappa shape index (κ2) is 6.37. The lowest BCUT2D eigenvalue weighted by Crippen LogP contribution is -2.49. The summed E-state index contributed by atoms with van der Waals surface area (Å²) in [6.45, 7) is 10.2. The van der Waals surface area contributed by atoms with Crippen LogP contribution in [0.4, 0.5) is 13.2 Å². The second-order valence-corrected chi connectivity index (χ2v) is 13.2. The van der Waals surface area contributed by atoms with E-state index in [2.05, 4.69) is 0 Å². The molecule has 1 aromatic rings. The minimum absolute atomic E-state index is 0.167. The predicted molar refractivity (Wildman–Crippen MR) is 92.7 cm³/mol. The molecule has 1 saturated heterocycles. The third kappa shape index (κ3) is 3.94. The molecule has 1 fully saturated rings. The first-order valence-electron chi connectivity index (χ1n) is 8.35. The van der Waals surface area contributed by atoms with Crippen molar-refractivity contribution in [3.05, 3.63) is 35.6 Å². The lowest BCUT2D eigenvalue weighted by molar-refractivity contribution is -0.140. The van der Waals surface area contributed by atoms with Crippen LogP contribution in [0.1, 0.15) is 33.3 Å². The van der Waals surface area contributed by atoms with Crippen LogP contribution in [-0.2, 0) is 14.8 Å². The quantitative estimate of drug-likeness (QED) is 0.589. The smallest absolute Gasteiger partial charge is 0.297 e. The van der Waals surface area contributed by atoms with Gasteiger partial charge in [-0.05, 0) is 31.1 Å². The molecule has 0 bridgehead atoms. The van der Waals surface area contributed by atoms with Crippen molar-refractivity contribution in [1.82, 2.24) is 0 Å².